The standard InChI is InChI=1S/C20H20N4O3/c1-23-9-11-24(12-10-23)20(26)14-5-4-6-15(13-14)27-19-17-8-3-2-7-16(17)18(25)21-22-19/h2-8,13H,9-12H2,1H3,(H,21,25). The number of rotatable bonds is 3. The quantitative estimate of drug-likeness (QED) is 0.770. The summed E-state index contributed by atoms with van der Waals surface area (Å²) in [6.45, 7) is 3.17. The molecule has 1 aliphatic rings. The highest BCUT2D eigenvalue weighted by molar-refractivity contribution is 5.94. The molecule has 1 aromatic heterocycles. The summed E-state index contributed by atoms with van der Waals surface area (Å²) in [4.78, 5) is 28.7. The number of aromatic amines is 1. The number of hydrogen-bond donors (Lipinski definition) is 1. The molecule has 0 spiro atoms. The largest absolute Gasteiger partial charge is 0.437 e. The maximum Gasteiger partial charge on any atom is 0.272 e. The normalized spacial score (nSPS) is 15.1. The van der Waals surface area contributed by atoms with E-state index in [1.165, 1.54) is 0 Å². The summed E-state index contributed by atoms with van der Waals surface area (Å²) < 4.78 is 5.88. The van der Waals surface area contributed by atoms with Crippen molar-refractivity contribution in [3.8, 4) is 11.6 Å². The van der Waals surface area contributed by atoms with E-state index in [4.69, 9.17) is 4.74 Å². The molecule has 3 aromatic rings. The number of carbonyl (C=O) groups excluding carboxylic acids is 1. The lowest BCUT2D eigenvalue weighted by Gasteiger charge is -2.32. The van der Waals surface area contributed by atoms with Gasteiger partial charge < -0.3 is 14.5 Å². The lowest BCUT2D eigenvalue weighted by Crippen LogP contribution is -2.47. The summed E-state index contributed by atoms with van der Waals surface area (Å²) in [5.41, 5.74) is 0.308. The van der Waals surface area contributed by atoms with Gasteiger partial charge in [-0.2, -0.15) is 0 Å². The molecule has 0 unspecified atom stereocenters. The second-order valence-electron chi connectivity index (χ2n) is 6.63. The van der Waals surface area contributed by atoms with Crippen molar-refractivity contribution in [2.24, 2.45) is 0 Å². The first-order valence-corrected chi connectivity index (χ1v) is 8.85. The van der Waals surface area contributed by atoms with Crippen LogP contribution in [0.3, 0.4) is 0 Å². The van der Waals surface area contributed by atoms with Crippen LogP contribution in [0.25, 0.3) is 10.8 Å². The molecule has 0 bridgehead atoms. The Morgan fingerprint density at radius 2 is 1.78 bits per heavy atom. The zero-order valence-electron chi connectivity index (χ0n) is 15.0. The van der Waals surface area contributed by atoms with Gasteiger partial charge in [0, 0.05) is 31.7 Å². The first-order valence-electron chi connectivity index (χ1n) is 8.85. The molecule has 1 fully saturated rings. The summed E-state index contributed by atoms with van der Waals surface area (Å²) in [6.07, 6.45) is 0. The molecule has 1 amide bonds. The number of fused-ring (bicyclic) bond motifs is 1. The molecule has 138 valence electrons. The van der Waals surface area contributed by atoms with Gasteiger partial charge in [-0.3, -0.25) is 9.59 Å². The van der Waals surface area contributed by atoms with E-state index >= 15 is 0 Å². The molecule has 2 aromatic carbocycles. The Morgan fingerprint density at radius 1 is 1.04 bits per heavy atom. The van der Waals surface area contributed by atoms with Crippen LogP contribution in [-0.4, -0.2) is 59.1 Å². The van der Waals surface area contributed by atoms with Crippen LogP contribution in [0.2, 0.25) is 0 Å². The van der Waals surface area contributed by atoms with E-state index in [0.717, 1.165) is 13.1 Å². The van der Waals surface area contributed by atoms with E-state index in [2.05, 4.69) is 22.1 Å². The molecule has 1 saturated heterocycles. The number of carbonyl (C=O) groups is 1. The summed E-state index contributed by atoms with van der Waals surface area (Å²) in [6, 6.07) is 14.2. The predicted molar refractivity (Wildman–Crippen MR) is 102 cm³/mol. The Bertz CT molecular complexity index is 1040. The van der Waals surface area contributed by atoms with E-state index in [9.17, 15) is 9.59 Å². The molecule has 0 atom stereocenters. The van der Waals surface area contributed by atoms with Crippen LogP contribution in [0, 0.1) is 0 Å². The summed E-state index contributed by atoms with van der Waals surface area (Å²) >= 11 is 0. The Balaban J connectivity index is 1.60. The van der Waals surface area contributed by atoms with Crippen molar-refractivity contribution in [3.63, 3.8) is 0 Å². The fourth-order valence-electron chi connectivity index (χ4n) is 3.16. The maximum absolute atomic E-state index is 12.8. The van der Waals surface area contributed by atoms with Crippen molar-refractivity contribution in [3.05, 3.63) is 64.4 Å². The summed E-state index contributed by atoms with van der Waals surface area (Å²) in [7, 11) is 2.05. The van der Waals surface area contributed by atoms with Gasteiger partial charge in [0.05, 0.1) is 10.8 Å². The fourth-order valence-corrected chi connectivity index (χ4v) is 3.16. The molecule has 7 nitrogen and oxygen atoms in total. The second-order valence-corrected chi connectivity index (χ2v) is 6.63. The van der Waals surface area contributed by atoms with Crippen LogP contribution in [0.5, 0.6) is 11.6 Å². The highest BCUT2D eigenvalue weighted by atomic mass is 16.5. The predicted octanol–water partition coefficient (Wildman–Crippen LogP) is 2.10. The van der Waals surface area contributed by atoms with Crippen molar-refractivity contribution in [2.75, 3.05) is 33.2 Å². The number of H-pyrrole nitrogens is 1. The number of aromatic nitrogens is 2. The molecule has 0 aliphatic carbocycles. The second kappa shape index (κ2) is 7.20. The number of nitrogens with zero attached hydrogens (tertiary/aromatic N) is 3. The lowest BCUT2D eigenvalue weighted by molar-refractivity contribution is 0.0664. The average Bonchev–Trinajstić information content (AvgIpc) is 2.71. The zero-order valence-corrected chi connectivity index (χ0v) is 15.0. The smallest absolute Gasteiger partial charge is 0.272 e. The van der Waals surface area contributed by atoms with Crippen LogP contribution in [-0.2, 0) is 0 Å². The third-order valence-electron chi connectivity index (χ3n) is 4.75. The van der Waals surface area contributed by atoms with Gasteiger partial charge in [0.15, 0.2) is 0 Å². The molecule has 4 rings (SSSR count). The van der Waals surface area contributed by atoms with E-state index in [0.29, 0.717) is 41.1 Å². The van der Waals surface area contributed by atoms with Crippen LogP contribution in [0.1, 0.15) is 10.4 Å². The number of amides is 1. The van der Waals surface area contributed by atoms with Crippen molar-refractivity contribution in [2.45, 2.75) is 0 Å². The molecular weight excluding hydrogens is 344 g/mol. The summed E-state index contributed by atoms with van der Waals surface area (Å²) in [5, 5.41) is 7.59. The van der Waals surface area contributed by atoms with E-state index < -0.39 is 0 Å². The Morgan fingerprint density at radius 3 is 2.56 bits per heavy atom. The minimum atomic E-state index is -0.267. The van der Waals surface area contributed by atoms with Gasteiger partial charge in [-0.25, -0.2) is 5.10 Å². The minimum Gasteiger partial charge on any atom is -0.437 e. The molecule has 1 N–H and O–H groups in total. The number of piperazine rings is 1. The van der Waals surface area contributed by atoms with Crippen molar-refractivity contribution in [1.29, 1.82) is 0 Å². The lowest BCUT2D eigenvalue weighted by atomic mass is 10.1. The van der Waals surface area contributed by atoms with Crippen molar-refractivity contribution in [1.82, 2.24) is 20.0 Å². The first kappa shape index (κ1) is 17.2. The summed E-state index contributed by atoms with van der Waals surface area (Å²) in [5.74, 6) is 0.793. The van der Waals surface area contributed by atoms with Gasteiger partial charge >= 0.3 is 0 Å². The van der Waals surface area contributed by atoms with Gasteiger partial charge in [-0.1, -0.05) is 18.2 Å². The van der Waals surface area contributed by atoms with Gasteiger partial charge in [0.25, 0.3) is 11.5 Å². The van der Waals surface area contributed by atoms with Gasteiger partial charge in [-0.05, 0) is 37.4 Å². The number of likely N-dealkylation sites (N-methyl/N-ethyl adjacent to an activating group) is 1. The average molecular weight is 364 g/mol. The molecule has 7 heteroatoms. The zero-order chi connectivity index (χ0) is 18.8. The van der Waals surface area contributed by atoms with Crippen molar-refractivity contribution < 1.29 is 9.53 Å². The Kier molecular flexibility index (Phi) is 4.60. The molecule has 1 aliphatic heterocycles. The van der Waals surface area contributed by atoms with Crippen molar-refractivity contribution >= 4 is 16.7 Å². The van der Waals surface area contributed by atoms with Gasteiger partial charge in [0.1, 0.15) is 5.75 Å². The highest BCUT2D eigenvalue weighted by Gasteiger charge is 2.20. The SMILES string of the molecule is CN1CCN(C(=O)c2cccc(Oc3n[nH]c(=O)c4ccccc34)c2)CC1. The van der Waals surface area contributed by atoms with Gasteiger partial charge in [0.2, 0.25) is 5.88 Å². The van der Waals surface area contributed by atoms with E-state index in [1.807, 2.05) is 11.0 Å². The first-order chi connectivity index (χ1) is 13.1. The van der Waals surface area contributed by atoms with Crippen LogP contribution in [0.15, 0.2) is 53.3 Å². The molecule has 0 saturated carbocycles. The van der Waals surface area contributed by atoms with Crippen LogP contribution < -0.4 is 10.3 Å². The van der Waals surface area contributed by atoms with Crippen LogP contribution in [0.4, 0.5) is 0 Å². The fraction of sp³-hybridized carbons (Fsp3) is 0.250. The number of benzene rings is 2. The molecule has 2 heterocycles. The third-order valence-corrected chi connectivity index (χ3v) is 4.75. The number of ether oxygens (including phenoxy) is 1. The Hall–Kier alpha value is -3.19. The van der Waals surface area contributed by atoms with Crippen LogP contribution >= 0.6 is 0 Å². The monoisotopic (exact) mass is 364 g/mol. The third kappa shape index (κ3) is 3.54. The van der Waals surface area contributed by atoms with Gasteiger partial charge in [-0.15, -0.1) is 5.10 Å². The molecule has 27 heavy (non-hydrogen) atoms. The van der Waals surface area contributed by atoms with E-state index in [1.54, 1.807) is 42.5 Å². The number of hydrogen-bond acceptors (Lipinski definition) is 5. The molecule has 0 radical (unpaired) electrons. The topological polar surface area (TPSA) is 78.5 Å². The Labute approximate surface area is 156 Å². The number of nitrogens with one attached hydrogen (secondary N) is 1. The molecular formula is C20H20N4O3. The maximum atomic E-state index is 12.8. The van der Waals surface area contributed by atoms with E-state index in [-0.39, 0.29) is 11.5 Å². The highest BCUT2D eigenvalue weighted by Crippen LogP contribution is 2.26. The minimum absolute atomic E-state index is 0.00663.